The largest absolute Gasteiger partial charge is 0.385 e. The van der Waals surface area contributed by atoms with Crippen LogP contribution >= 0.6 is 11.3 Å². The summed E-state index contributed by atoms with van der Waals surface area (Å²) in [6.07, 6.45) is 1.01. The summed E-state index contributed by atoms with van der Waals surface area (Å²) in [6.45, 7) is 3.79. The molecule has 0 fully saturated rings. The number of fused-ring (bicyclic) bond motifs is 1. The number of aryl methyl sites for hydroxylation is 1. The molecule has 0 amide bonds. The third kappa shape index (κ3) is 2.51. The number of anilines is 1. The van der Waals surface area contributed by atoms with Crippen LogP contribution in [0, 0.1) is 6.92 Å². The molecule has 0 unspecified atom stereocenters. The fourth-order valence-corrected chi connectivity index (χ4v) is 2.54. The molecule has 2 aromatic rings. The predicted molar refractivity (Wildman–Crippen MR) is 69.3 cm³/mol. The van der Waals surface area contributed by atoms with E-state index in [9.17, 15) is 0 Å². The molecule has 1 aromatic heterocycles. The van der Waals surface area contributed by atoms with Gasteiger partial charge < -0.3 is 10.1 Å². The van der Waals surface area contributed by atoms with Crippen LogP contribution in [0.3, 0.4) is 0 Å². The number of para-hydroxylation sites is 1. The van der Waals surface area contributed by atoms with Crippen LogP contribution in [-0.4, -0.2) is 25.2 Å². The lowest BCUT2D eigenvalue weighted by molar-refractivity contribution is 0.198. The van der Waals surface area contributed by atoms with Gasteiger partial charge in [-0.25, -0.2) is 4.98 Å². The third-order valence-corrected chi connectivity index (χ3v) is 3.40. The maximum Gasteiger partial charge on any atom is 0.183 e. The molecule has 1 N–H and O–H groups in total. The smallest absolute Gasteiger partial charge is 0.183 e. The zero-order valence-corrected chi connectivity index (χ0v) is 10.4. The zero-order valence-electron chi connectivity index (χ0n) is 9.62. The Morgan fingerprint density at radius 2 is 2.31 bits per heavy atom. The molecule has 0 aliphatic carbocycles. The molecule has 0 saturated carbocycles. The minimum atomic E-state index is 0.789. The fourth-order valence-electron chi connectivity index (χ4n) is 1.57. The molecule has 0 saturated heterocycles. The molecule has 0 atom stereocenters. The molecule has 86 valence electrons. The molecule has 4 heteroatoms. The highest BCUT2D eigenvalue weighted by Crippen LogP contribution is 2.27. The Balaban J connectivity index is 2.05. The van der Waals surface area contributed by atoms with Crippen molar-refractivity contribution in [2.75, 3.05) is 25.6 Å². The molecule has 16 heavy (non-hydrogen) atoms. The molecule has 2 rings (SSSR count). The first-order chi connectivity index (χ1) is 7.81. The average molecular weight is 236 g/mol. The predicted octanol–water partition coefficient (Wildman–Crippen LogP) is 3.05. The summed E-state index contributed by atoms with van der Waals surface area (Å²) in [4.78, 5) is 4.58. The molecular formula is C12H16N2OS. The number of hydrogen-bond donors (Lipinski definition) is 1. The molecule has 0 aliphatic heterocycles. The Bertz CT molecular complexity index is 467. The number of rotatable bonds is 5. The number of thiazole rings is 1. The van der Waals surface area contributed by atoms with Crippen molar-refractivity contribution in [3.05, 3.63) is 23.8 Å². The standard InChI is InChI=1S/C12H16N2OS/c1-9-5-3-6-10-11(9)14-12(16-10)13-7-4-8-15-2/h3,5-6H,4,7-8H2,1-2H3,(H,13,14). The molecule has 0 bridgehead atoms. The van der Waals surface area contributed by atoms with Crippen LogP contribution in [-0.2, 0) is 4.74 Å². The average Bonchev–Trinajstić information content (AvgIpc) is 2.69. The van der Waals surface area contributed by atoms with Gasteiger partial charge in [0.2, 0.25) is 0 Å². The summed E-state index contributed by atoms with van der Waals surface area (Å²) < 4.78 is 6.25. The van der Waals surface area contributed by atoms with Gasteiger partial charge in [-0.1, -0.05) is 23.5 Å². The van der Waals surface area contributed by atoms with Crippen molar-refractivity contribution in [3.8, 4) is 0 Å². The van der Waals surface area contributed by atoms with Crippen molar-refractivity contribution in [3.63, 3.8) is 0 Å². The van der Waals surface area contributed by atoms with E-state index in [1.54, 1.807) is 18.4 Å². The molecule has 1 heterocycles. The van der Waals surface area contributed by atoms with E-state index in [-0.39, 0.29) is 0 Å². The van der Waals surface area contributed by atoms with Crippen LogP contribution in [0.4, 0.5) is 5.13 Å². The zero-order chi connectivity index (χ0) is 11.4. The molecule has 3 nitrogen and oxygen atoms in total. The van der Waals surface area contributed by atoms with Crippen LogP contribution in [0.25, 0.3) is 10.2 Å². The van der Waals surface area contributed by atoms with E-state index >= 15 is 0 Å². The van der Waals surface area contributed by atoms with Gasteiger partial charge in [-0.15, -0.1) is 0 Å². The van der Waals surface area contributed by atoms with Gasteiger partial charge in [-0.3, -0.25) is 0 Å². The van der Waals surface area contributed by atoms with Crippen LogP contribution < -0.4 is 5.32 Å². The lowest BCUT2D eigenvalue weighted by Gasteiger charge is -2.00. The van der Waals surface area contributed by atoms with Crippen molar-refractivity contribution < 1.29 is 4.74 Å². The van der Waals surface area contributed by atoms with Gasteiger partial charge in [0.15, 0.2) is 5.13 Å². The lowest BCUT2D eigenvalue weighted by Crippen LogP contribution is -2.03. The van der Waals surface area contributed by atoms with Crippen molar-refractivity contribution in [1.29, 1.82) is 0 Å². The van der Waals surface area contributed by atoms with Gasteiger partial charge in [0, 0.05) is 20.3 Å². The Labute approximate surface area is 99.5 Å². The van der Waals surface area contributed by atoms with Crippen LogP contribution in [0.5, 0.6) is 0 Å². The number of methoxy groups -OCH3 is 1. The summed E-state index contributed by atoms with van der Waals surface area (Å²) in [5.41, 5.74) is 2.35. The van der Waals surface area contributed by atoms with E-state index in [4.69, 9.17) is 4.74 Å². The topological polar surface area (TPSA) is 34.1 Å². The summed E-state index contributed by atoms with van der Waals surface area (Å²) in [6, 6.07) is 6.28. The van der Waals surface area contributed by atoms with Gasteiger partial charge in [0.25, 0.3) is 0 Å². The Kier molecular flexibility index (Phi) is 3.74. The van der Waals surface area contributed by atoms with Crippen LogP contribution in [0.15, 0.2) is 18.2 Å². The second-order valence-electron chi connectivity index (χ2n) is 3.71. The molecule has 0 spiro atoms. The highest BCUT2D eigenvalue weighted by molar-refractivity contribution is 7.22. The monoisotopic (exact) mass is 236 g/mol. The van der Waals surface area contributed by atoms with Gasteiger partial charge in [0.05, 0.1) is 10.2 Å². The normalized spacial score (nSPS) is 10.9. The Morgan fingerprint density at radius 1 is 1.44 bits per heavy atom. The Hall–Kier alpha value is -1.13. The molecular weight excluding hydrogens is 220 g/mol. The summed E-state index contributed by atoms with van der Waals surface area (Å²) >= 11 is 1.71. The summed E-state index contributed by atoms with van der Waals surface area (Å²) in [5.74, 6) is 0. The highest BCUT2D eigenvalue weighted by atomic mass is 32.1. The van der Waals surface area contributed by atoms with E-state index in [0.717, 1.165) is 30.2 Å². The molecule has 0 aliphatic rings. The van der Waals surface area contributed by atoms with Crippen molar-refractivity contribution in [2.45, 2.75) is 13.3 Å². The second kappa shape index (κ2) is 5.27. The fraction of sp³-hybridized carbons (Fsp3) is 0.417. The third-order valence-electron chi connectivity index (χ3n) is 2.42. The quantitative estimate of drug-likeness (QED) is 0.810. The second-order valence-corrected chi connectivity index (χ2v) is 4.74. The number of ether oxygens (including phenoxy) is 1. The van der Waals surface area contributed by atoms with E-state index in [1.165, 1.54) is 10.3 Å². The first kappa shape index (κ1) is 11.4. The highest BCUT2D eigenvalue weighted by Gasteiger charge is 2.04. The van der Waals surface area contributed by atoms with E-state index in [2.05, 4.69) is 35.4 Å². The summed E-state index contributed by atoms with van der Waals surface area (Å²) in [5, 5.41) is 4.32. The van der Waals surface area contributed by atoms with Gasteiger partial charge in [-0.05, 0) is 25.0 Å². The van der Waals surface area contributed by atoms with Gasteiger partial charge in [0.1, 0.15) is 0 Å². The first-order valence-electron chi connectivity index (χ1n) is 5.40. The minimum Gasteiger partial charge on any atom is -0.385 e. The number of nitrogens with one attached hydrogen (secondary N) is 1. The van der Waals surface area contributed by atoms with E-state index in [0.29, 0.717) is 0 Å². The number of hydrogen-bond acceptors (Lipinski definition) is 4. The maximum absolute atomic E-state index is 5.00. The maximum atomic E-state index is 5.00. The van der Waals surface area contributed by atoms with Crippen LogP contribution in [0.2, 0.25) is 0 Å². The summed E-state index contributed by atoms with van der Waals surface area (Å²) in [7, 11) is 1.72. The van der Waals surface area contributed by atoms with E-state index < -0.39 is 0 Å². The lowest BCUT2D eigenvalue weighted by atomic mass is 10.2. The molecule has 1 aromatic carbocycles. The van der Waals surface area contributed by atoms with Crippen molar-refractivity contribution in [2.24, 2.45) is 0 Å². The van der Waals surface area contributed by atoms with Crippen LogP contribution in [0.1, 0.15) is 12.0 Å². The van der Waals surface area contributed by atoms with Crippen molar-refractivity contribution >= 4 is 26.7 Å². The van der Waals surface area contributed by atoms with Gasteiger partial charge in [-0.2, -0.15) is 0 Å². The number of benzene rings is 1. The number of nitrogens with zero attached hydrogens (tertiary/aromatic N) is 1. The molecule has 0 radical (unpaired) electrons. The SMILES string of the molecule is COCCCNc1nc2c(C)cccc2s1. The Morgan fingerprint density at radius 3 is 3.06 bits per heavy atom. The van der Waals surface area contributed by atoms with E-state index in [1.807, 2.05) is 0 Å². The first-order valence-corrected chi connectivity index (χ1v) is 6.22. The minimum absolute atomic E-state index is 0.789. The number of aromatic nitrogens is 1. The van der Waals surface area contributed by atoms with Crippen molar-refractivity contribution in [1.82, 2.24) is 4.98 Å². The van der Waals surface area contributed by atoms with Gasteiger partial charge >= 0.3 is 0 Å².